The molecule has 2 N–H and O–H groups in total. The number of anilines is 1. The number of carbonyl (C=O) groups is 3. The first-order chi connectivity index (χ1) is 17.7. The SMILES string of the molecule is CCCCC[C@@H](CC(=O)Nc1nc(C)c(C(=O)OC(C)C)s1)NC(=O)c1cccc(-c2noc(C)n2)c1. The van der Waals surface area contributed by atoms with Gasteiger partial charge in [0, 0.05) is 30.5 Å². The van der Waals surface area contributed by atoms with E-state index in [-0.39, 0.29) is 30.4 Å². The lowest BCUT2D eigenvalue weighted by Gasteiger charge is -2.18. The van der Waals surface area contributed by atoms with E-state index in [1.54, 1.807) is 52.0 Å². The molecule has 1 aromatic carbocycles. The summed E-state index contributed by atoms with van der Waals surface area (Å²) in [6.07, 6.45) is 3.36. The molecule has 0 aliphatic heterocycles. The summed E-state index contributed by atoms with van der Waals surface area (Å²) in [5.74, 6) is -0.212. The second-order valence-electron chi connectivity index (χ2n) is 9.02. The van der Waals surface area contributed by atoms with Crippen LogP contribution in [0.4, 0.5) is 5.13 Å². The van der Waals surface area contributed by atoms with Crippen molar-refractivity contribution in [3.63, 3.8) is 0 Å². The molecule has 2 amide bonds. The Morgan fingerprint density at radius 2 is 1.92 bits per heavy atom. The van der Waals surface area contributed by atoms with Crippen LogP contribution in [0.15, 0.2) is 28.8 Å². The number of rotatable bonds is 12. The van der Waals surface area contributed by atoms with Crippen molar-refractivity contribution in [3.05, 3.63) is 46.3 Å². The fourth-order valence-electron chi connectivity index (χ4n) is 3.65. The third-order valence-corrected chi connectivity index (χ3v) is 6.46. The maximum Gasteiger partial charge on any atom is 0.350 e. The second-order valence-corrected chi connectivity index (χ2v) is 10.0. The average molecular weight is 528 g/mol. The highest BCUT2D eigenvalue weighted by Crippen LogP contribution is 2.24. The largest absolute Gasteiger partial charge is 0.459 e. The van der Waals surface area contributed by atoms with Crippen LogP contribution < -0.4 is 10.6 Å². The van der Waals surface area contributed by atoms with Gasteiger partial charge in [0.2, 0.25) is 17.6 Å². The molecule has 37 heavy (non-hydrogen) atoms. The third-order valence-electron chi connectivity index (χ3n) is 5.40. The van der Waals surface area contributed by atoms with Gasteiger partial charge in [0.15, 0.2) is 5.13 Å². The summed E-state index contributed by atoms with van der Waals surface area (Å²) >= 11 is 1.07. The Balaban J connectivity index is 1.67. The first-order valence-electron chi connectivity index (χ1n) is 12.4. The number of hydrogen-bond donors (Lipinski definition) is 2. The molecule has 0 spiro atoms. The van der Waals surface area contributed by atoms with E-state index < -0.39 is 5.97 Å². The van der Waals surface area contributed by atoms with E-state index >= 15 is 0 Å². The van der Waals surface area contributed by atoms with Crippen molar-refractivity contribution < 1.29 is 23.6 Å². The van der Waals surface area contributed by atoms with E-state index in [4.69, 9.17) is 9.26 Å². The molecule has 0 unspecified atom stereocenters. The van der Waals surface area contributed by atoms with Crippen molar-refractivity contribution in [2.75, 3.05) is 5.32 Å². The summed E-state index contributed by atoms with van der Waals surface area (Å²) in [6.45, 7) is 9.03. The van der Waals surface area contributed by atoms with Crippen molar-refractivity contribution in [2.45, 2.75) is 78.9 Å². The summed E-state index contributed by atoms with van der Waals surface area (Å²) in [6, 6.07) is 6.57. The smallest absolute Gasteiger partial charge is 0.350 e. The summed E-state index contributed by atoms with van der Waals surface area (Å²) in [7, 11) is 0. The lowest BCUT2D eigenvalue weighted by Crippen LogP contribution is -2.37. The molecule has 0 saturated heterocycles. The van der Waals surface area contributed by atoms with E-state index in [1.165, 1.54) is 0 Å². The molecule has 0 aliphatic rings. The predicted octanol–water partition coefficient (Wildman–Crippen LogP) is 5.08. The molecule has 11 heteroatoms. The molecule has 3 aromatic rings. The van der Waals surface area contributed by atoms with Gasteiger partial charge in [0.25, 0.3) is 5.91 Å². The molecule has 2 heterocycles. The number of aryl methyl sites for hydroxylation is 2. The number of carbonyl (C=O) groups excluding carboxylic acids is 3. The number of ether oxygens (including phenoxy) is 1. The monoisotopic (exact) mass is 527 g/mol. The number of hydrogen-bond acceptors (Lipinski definition) is 9. The fraction of sp³-hybridized carbons (Fsp3) is 0.462. The van der Waals surface area contributed by atoms with Crippen LogP contribution in [-0.4, -0.2) is 45.1 Å². The molecule has 0 aliphatic carbocycles. The Labute approximate surface area is 220 Å². The minimum absolute atomic E-state index is 0.0730. The summed E-state index contributed by atoms with van der Waals surface area (Å²) in [5.41, 5.74) is 1.59. The zero-order chi connectivity index (χ0) is 26.9. The van der Waals surface area contributed by atoms with Gasteiger partial charge < -0.3 is 19.9 Å². The van der Waals surface area contributed by atoms with Crippen molar-refractivity contribution in [2.24, 2.45) is 0 Å². The summed E-state index contributed by atoms with van der Waals surface area (Å²) in [4.78, 5) is 47.0. The number of benzene rings is 1. The van der Waals surface area contributed by atoms with Gasteiger partial charge in [-0.1, -0.05) is 54.8 Å². The minimum atomic E-state index is -0.464. The Bertz CT molecular complexity index is 1240. The number of unbranched alkanes of at least 4 members (excludes halogenated alkanes) is 2. The van der Waals surface area contributed by atoms with Crippen LogP contribution in [0.1, 0.15) is 84.5 Å². The van der Waals surface area contributed by atoms with Crippen molar-refractivity contribution in [1.29, 1.82) is 0 Å². The summed E-state index contributed by atoms with van der Waals surface area (Å²) in [5, 5.41) is 9.98. The second kappa shape index (κ2) is 13.1. The highest BCUT2D eigenvalue weighted by molar-refractivity contribution is 7.17. The first-order valence-corrected chi connectivity index (χ1v) is 13.2. The van der Waals surface area contributed by atoms with Gasteiger partial charge in [-0.2, -0.15) is 4.98 Å². The van der Waals surface area contributed by atoms with Gasteiger partial charge >= 0.3 is 5.97 Å². The van der Waals surface area contributed by atoms with Gasteiger partial charge in [-0.3, -0.25) is 9.59 Å². The number of thiazole rings is 1. The fourth-order valence-corrected chi connectivity index (χ4v) is 4.52. The number of esters is 1. The van der Waals surface area contributed by atoms with Gasteiger partial charge in [-0.05, 0) is 39.3 Å². The van der Waals surface area contributed by atoms with E-state index in [0.29, 0.717) is 45.0 Å². The van der Waals surface area contributed by atoms with Crippen molar-refractivity contribution in [3.8, 4) is 11.4 Å². The van der Waals surface area contributed by atoms with Gasteiger partial charge in [-0.15, -0.1) is 0 Å². The molecule has 3 rings (SSSR count). The number of nitrogens with one attached hydrogen (secondary N) is 2. The van der Waals surface area contributed by atoms with Crippen molar-refractivity contribution in [1.82, 2.24) is 20.4 Å². The van der Waals surface area contributed by atoms with E-state index in [1.807, 2.05) is 0 Å². The maximum absolute atomic E-state index is 13.1. The van der Waals surface area contributed by atoms with Crippen LogP contribution in [0.2, 0.25) is 0 Å². The zero-order valence-electron chi connectivity index (χ0n) is 21.8. The Morgan fingerprint density at radius 1 is 1.14 bits per heavy atom. The van der Waals surface area contributed by atoms with E-state index in [2.05, 4.69) is 32.7 Å². The van der Waals surface area contributed by atoms with Crippen LogP contribution in [-0.2, 0) is 9.53 Å². The number of nitrogens with zero attached hydrogens (tertiary/aromatic N) is 3. The highest BCUT2D eigenvalue weighted by atomic mass is 32.1. The molecular weight excluding hydrogens is 494 g/mol. The first kappa shape index (κ1) is 28.0. The summed E-state index contributed by atoms with van der Waals surface area (Å²) < 4.78 is 10.3. The zero-order valence-corrected chi connectivity index (χ0v) is 22.6. The Morgan fingerprint density at radius 3 is 2.59 bits per heavy atom. The van der Waals surface area contributed by atoms with E-state index in [0.717, 1.165) is 30.6 Å². The third kappa shape index (κ3) is 8.21. The highest BCUT2D eigenvalue weighted by Gasteiger charge is 2.22. The lowest BCUT2D eigenvalue weighted by atomic mass is 10.0. The van der Waals surface area contributed by atoms with Gasteiger partial charge in [-0.25, -0.2) is 9.78 Å². The van der Waals surface area contributed by atoms with Crippen LogP contribution in [0.3, 0.4) is 0 Å². The molecule has 0 fully saturated rings. The van der Waals surface area contributed by atoms with Crippen molar-refractivity contribution >= 4 is 34.3 Å². The van der Waals surface area contributed by atoms with Crippen LogP contribution >= 0.6 is 11.3 Å². The van der Waals surface area contributed by atoms with Gasteiger partial charge in [0.05, 0.1) is 11.8 Å². The molecule has 10 nitrogen and oxygen atoms in total. The normalized spacial score (nSPS) is 11.8. The van der Waals surface area contributed by atoms with Crippen LogP contribution in [0.25, 0.3) is 11.4 Å². The Kier molecular flexibility index (Phi) is 9.90. The average Bonchev–Trinajstić information content (AvgIpc) is 3.43. The Hall–Kier alpha value is -3.60. The van der Waals surface area contributed by atoms with E-state index in [9.17, 15) is 14.4 Å². The van der Waals surface area contributed by atoms with Gasteiger partial charge in [0.1, 0.15) is 4.88 Å². The molecule has 1 atom stereocenters. The molecule has 0 bridgehead atoms. The molecular formula is C26H33N5O5S. The molecule has 198 valence electrons. The number of amides is 2. The predicted molar refractivity (Wildman–Crippen MR) is 141 cm³/mol. The quantitative estimate of drug-likeness (QED) is 0.246. The topological polar surface area (TPSA) is 136 Å². The van der Waals surface area contributed by atoms with Crippen LogP contribution in [0.5, 0.6) is 0 Å². The minimum Gasteiger partial charge on any atom is -0.459 e. The molecule has 2 aromatic heterocycles. The maximum atomic E-state index is 13.1. The van der Waals surface area contributed by atoms with Crippen LogP contribution in [0, 0.1) is 13.8 Å². The molecule has 0 radical (unpaired) electrons. The lowest BCUT2D eigenvalue weighted by molar-refractivity contribution is -0.116. The molecule has 0 saturated carbocycles. The number of aromatic nitrogens is 3. The standard InChI is InChI=1S/C26H33N5O5S/c1-6-7-8-12-20(14-21(32)30-26-27-16(4)22(37-26)25(34)35-15(2)3)29-24(33)19-11-9-10-18(13-19)23-28-17(5)36-31-23/h9-11,13,15,20H,6-8,12,14H2,1-5H3,(H,29,33)(H,27,30,32)/t20-/m0/s1.